The lowest BCUT2D eigenvalue weighted by Crippen LogP contribution is -2.30. The Morgan fingerprint density at radius 2 is 0.415 bits per heavy atom. The number of hydrogen-bond donors (Lipinski definition) is 0. The molecular weight excluding hydrogens is 805 g/mol. The predicted molar refractivity (Wildman–Crippen MR) is 280 cm³/mol. The number of hydrogen-bond acceptors (Lipinski definition) is 6. The van der Waals surface area contributed by atoms with Crippen molar-refractivity contribution < 1.29 is 28.6 Å². The molecule has 6 nitrogen and oxygen atoms in total. The number of rotatable bonds is 55. The molecule has 0 aliphatic carbocycles. The van der Waals surface area contributed by atoms with Crippen molar-refractivity contribution in [1.29, 1.82) is 0 Å². The molecule has 0 heterocycles. The number of ether oxygens (including phenoxy) is 3. The lowest BCUT2D eigenvalue weighted by atomic mass is 10.0. The van der Waals surface area contributed by atoms with Crippen LogP contribution in [0.2, 0.25) is 0 Å². The van der Waals surface area contributed by atoms with Crippen molar-refractivity contribution in [1.82, 2.24) is 0 Å². The zero-order chi connectivity index (χ0) is 47.2. The van der Waals surface area contributed by atoms with Gasteiger partial charge in [0.25, 0.3) is 0 Å². The second-order valence-corrected chi connectivity index (χ2v) is 20.3. The van der Waals surface area contributed by atoms with E-state index >= 15 is 0 Å². The van der Waals surface area contributed by atoms with E-state index in [9.17, 15) is 14.4 Å². The summed E-state index contributed by atoms with van der Waals surface area (Å²) in [5.41, 5.74) is 0. The first-order valence-corrected chi connectivity index (χ1v) is 29.5. The van der Waals surface area contributed by atoms with Gasteiger partial charge in [0, 0.05) is 19.3 Å². The summed E-state index contributed by atoms with van der Waals surface area (Å²) >= 11 is 0. The van der Waals surface area contributed by atoms with E-state index in [1.165, 1.54) is 244 Å². The van der Waals surface area contributed by atoms with Crippen molar-refractivity contribution in [2.24, 2.45) is 0 Å². The topological polar surface area (TPSA) is 78.9 Å². The number of unbranched alkanes of at least 4 members (excludes halogenated alkanes) is 44. The maximum Gasteiger partial charge on any atom is 0.306 e. The molecular formula is C59H114O6. The highest BCUT2D eigenvalue weighted by Gasteiger charge is 2.19. The molecule has 0 spiro atoms. The first-order valence-electron chi connectivity index (χ1n) is 29.5. The summed E-state index contributed by atoms with van der Waals surface area (Å²) in [6.45, 7) is 6.70. The van der Waals surface area contributed by atoms with Crippen LogP contribution in [0.3, 0.4) is 0 Å². The summed E-state index contributed by atoms with van der Waals surface area (Å²) in [6.07, 6.45) is 61.0. The van der Waals surface area contributed by atoms with Gasteiger partial charge in [-0.1, -0.05) is 303 Å². The van der Waals surface area contributed by atoms with Crippen LogP contribution in [0.1, 0.15) is 342 Å². The monoisotopic (exact) mass is 919 g/mol. The normalized spacial score (nSPS) is 11.9. The van der Waals surface area contributed by atoms with E-state index in [0.717, 1.165) is 57.8 Å². The van der Waals surface area contributed by atoms with E-state index in [2.05, 4.69) is 20.8 Å². The van der Waals surface area contributed by atoms with Gasteiger partial charge in [-0.25, -0.2) is 0 Å². The third-order valence-corrected chi connectivity index (χ3v) is 13.6. The van der Waals surface area contributed by atoms with Crippen molar-refractivity contribution in [2.45, 2.75) is 348 Å². The first-order chi connectivity index (χ1) is 32.0. The molecule has 386 valence electrons. The quantitative estimate of drug-likeness (QED) is 0.0344. The van der Waals surface area contributed by atoms with E-state index in [4.69, 9.17) is 14.2 Å². The van der Waals surface area contributed by atoms with Crippen LogP contribution in [0.25, 0.3) is 0 Å². The largest absolute Gasteiger partial charge is 0.462 e. The summed E-state index contributed by atoms with van der Waals surface area (Å²) in [7, 11) is 0. The molecule has 0 saturated carbocycles. The van der Waals surface area contributed by atoms with E-state index in [1.807, 2.05) is 0 Å². The van der Waals surface area contributed by atoms with Gasteiger partial charge in [-0.3, -0.25) is 14.4 Å². The van der Waals surface area contributed by atoms with Gasteiger partial charge in [0.2, 0.25) is 0 Å². The van der Waals surface area contributed by atoms with Crippen LogP contribution in [-0.4, -0.2) is 37.2 Å². The molecule has 1 atom stereocenters. The Hall–Kier alpha value is -1.59. The van der Waals surface area contributed by atoms with Gasteiger partial charge < -0.3 is 14.2 Å². The fraction of sp³-hybridized carbons (Fsp3) is 0.949. The summed E-state index contributed by atoms with van der Waals surface area (Å²) in [5.74, 6) is -0.833. The molecule has 0 saturated heterocycles. The molecule has 0 radical (unpaired) electrons. The SMILES string of the molecule is CCCCCCCCCCCCCCCCCCCCCCCC(=O)OC[C@H](COC(=O)CCCCCCCCCCCCCCCCC)OC(=O)CCCCCCCCCCCCC. The van der Waals surface area contributed by atoms with Gasteiger partial charge in [0.15, 0.2) is 6.10 Å². The van der Waals surface area contributed by atoms with E-state index in [1.54, 1.807) is 0 Å². The second-order valence-electron chi connectivity index (χ2n) is 20.3. The highest BCUT2D eigenvalue weighted by Crippen LogP contribution is 2.18. The molecule has 6 heteroatoms. The second kappa shape index (κ2) is 55.0. The van der Waals surface area contributed by atoms with Crippen molar-refractivity contribution in [3.63, 3.8) is 0 Å². The Morgan fingerprint density at radius 3 is 0.615 bits per heavy atom. The molecule has 0 aliphatic rings. The maximum atomic E-state index is 12.8. The lowest BCUT2D eigenvalue weighted by Gasteiger charge is -2.18. The van der Waals surface area contributed by atoms with E-state index in [0.29, 0.717) is 19.3 Å². The third kappa shape index (κ3) is 53.2. The Balaban J connectivity index is 4.19. The van der Waals surface area contributed by atoms with Crippen molar-refractivity contribution in [2.75, 3.05) is 13.2 Å². The lowest BCUT2D eigenvalue weighted by molar-refractivity contribution is -0.167. The smallest absolute Gasteiger partial charge is 0.306 e. The minimum Gasteiger partial charge on any atom is -0.462 e. The van der Waals surface area contributed by atoms with Gasteiger partial charge in [0.1, 0.15) is 13.2 Å². The first kappa shape index (κ1) is 63.4. The van der Waals surface area contributed by atoms with Gasteiger partial charge in [-0.05, 0) is 19.3 Å². The molecule has 0 unspecified atom stereocenters. The molecule has 0 bridgehead atoms. The fourth-order valence-electron chi connectivity index (χ4n) is 9.15. The number of esters is 3. The van der Waals surface area contributed by atoms with Crippen LogP contribution in [0.15, 0.2) is 0 Å². The molecule has 0 aromatic carbocycles. The molecule has 0 rings (SSSR count). The molecule has 0 aromatic heterocycles. The summed E-state index contributed by atoms with van der Waals surface area (Å²) in [4.78, 5) is 38.1. The van der Waals surface area contributed by atoms with E-state index < -0.39 is 6.10 Å². The minimum atomic E-state index is -0.760. The Labute approximate surface area is 406 Å². The van der Waals surface area contributed by atoms with Crippen molar-refractivity contribution >= 4 is 17.9 Å². The molecule has 0 aliphatic heterocycles. The molecule has 0 amide bonds. The van der Waals surface area contributed by atoms with Crippen LogP contribution in [0.5, 0.6) is 0 Å². The average molecular weight is 920 g/mol. The Kier molecular flexibility index (Phi) is 53.7. The Morgan fingerprint density at radius 1 is 0.246 bits per heavy atom. The maximum absolute atomic E-state index is 12.8. The van der Waals surface area contributed by atoms with Crippen LogP contribution in [-0.2, 0) is 28.6 Å². The molecule has 0 N–H and O–H groups in total. The van der Waals surface area contributed by atoms with Crippen molar-refractivity contribution in [3.8, 4) is 0 Å². The van der Waals surface area contributed by atoms with E-state index in [-0.39, 0.29) is 31.1 Å². The zero-order valence-corrected chi connectivity index (χ0v) is 44.3. The van der Waals surface area contributed by atoms with Crippen molar-refractivity contribution in [3.05, 3.63) is 0 Å². The highest BCUT2D eigenvalue weighted by molar-refractivity contribution is 5.71. The van der Waals surface area contributed by atoms with Crippen LogP contribution < -0.4 is 0 Å². The standard InChI is InChI=1S/C59H114O6/c1-4-7-10-13-16-19-22-24-26-27-28-29-30-31-33-35-38-40-43-46-49-52-58(61)64-55-56(65-59(62)53-50-47-44-41-36-21-18-15-12-9-6-3)54-63-57(60)51-48-45-42-39-37-34-32-25-23-20-17-14-11-8-5-2/h56H,4-55H2,1-3H3/t56-/m0/s1. The molecule has 0 aromatic rings. The summed E-state index contributed by atoms with van der Waals surface area (Å²) < 4.78 is 16.9. The Bertz CT molecular complexity index is 967. The third-order valence-electron chi connectivity index (χ3n) is 13.6. The van der Waals surface area contributed by atoms with Crippen LogP contribution in [0.4, 0.5) is 0 Å². The van der Waals surface area contributed by atoms with Gasteiger partial charge >= 0.3 is 17.9 Å². The highest BCUT2D eigenvalue weighted by atomic mass is 16.6. The van der Waals surface area contributed by atoms with Gasteiger partial charge in [-0.15, -0.1) is 0 Å². The summed E-state index contributed by atoms with van der Waals surface area (Å²) in [5, 5.41) is 0. The van der Waals surface area contributed by atoms with Crippen LogP contribution in [0, 0.1) is 0 Å². The summed E-state index contributed by atoms with van der Waals surface area (Å²) in [6, 6.07) is 0. The number of carbonyl (C=O) groups is 3. The number of carbonyl (C=O) groups excluding carboxylic acids is 3. The fourth-order valence-corrected chi connectivity index (χ4v) is 9.15. The minimum absolute atomic E-state index is 0.0612. The predicted octanol–water partition coefficient (Wildman–Crippen LogP) is 19.5. The van der Waals surface area contributed by atoms with Gasteiger partial charge in [0.05, 0.1) is 0 Å². The molecule has 0 fully saturated rings. The zero-order valence-electron chi connectivity index (χ0n) is 44.3. The van der Waals surface area contributed by atoms with Crippen LogP contribution >= 0.6 is 0 Å². The van der Waals surface area contributed by atoms with Gasteiger partial charge in [-0.2, -0.15) is 0 Å². The molecule has 65 heavy (non-hydrogen) atoms. The average Bonchev–Trinajstić information content (AvgIpc) is 3.30.